The Balaban J connectivity index is 6.37. The highest BCUT2D eigenvalue weighted by molar-refractivity contribution is 6.01. The van der Waals surface area contributed by atoms with Gasteiger partial charge in [-0.2, -0.15) is 0 Å². The Kier molecular flexibility index (Phi) is 7.08. The van der Waals surface area contributed by atoms with E-state index in [2.05, 4.69) is 0 Å². The van der Waals surface area contributed by atoms with Crippen LogP contribution in [0.4, 0.5) is 0 Å². The van der Waals surface area contributed by atoms with E-state index in [4.69, 9.17) is 30.6 Å². The zero-order valence-electron chi connectivity index (χ0n) is 11.6. The molecule has 3 atom stereocenters. The van der Waals surface area contributed by atoms with Gasteiger partial charge in [0.1, 0.15) is 5.92 Å². The predicted octanol–water partition coefficient (Wildman–Crippen LogP) is -1.34. The molecule has 0 bridgehead atoms. The van der Waals surface area contributed by atoms with E-state index in [0.717, 1.165) is 0 Å². The first kappa shape index (κ1) is 20.6. The van der Waals surface area contributed by atoms with Gasteiger partial charge in [0.15, 0.2) is 0 Å². The van der Waals surface area contributed by atoms with E-state index in [-0.39, 0.29) is 6.08 Å². The molecule has 6 N–H and O–H groups in total. The Hall–Kier alpha value is -3.44. The molecule has 0 aromatic carbocycles. The minimum Gasteiger partial charge on any atom is -0.481 e. The van der Waals surface area contributed by atoms with Gasteiger partial charge in [-0.3, -0.25) is 19.2 Å². The first-order chi connectivity index (χ1) is 10.9. The molecule has 0 aromatic rings. The highest BCUT2D eigenvalue weighted by Gasteiger charge is 2.47. The molecule has 0 aromatic heterocycles. The predicted molar refractivity (Wildman–Crippen MR) is 69.0 cm³/mol. The SMILES string of the molecule is O=C(O)C=C(C(=O)O)C(C(=O)O)C(C(=O)O)C(CC(=O)O)C(=O)O. The van der Waals surface area contributed by atoms with Gasteiger partial charge in [0.2, 0.25) is 0 Å². The maximum atomic E-state index is 11.3. The fourth-order valence-electron chi connectivity index (χ4n) is 2.00. The number of carboxylic acids is 6. The third-order valence-electron chi connectivity index (χ3n) is 2.92. The summed E-state index contributed by atoms with van der Waals surface area (Å²) in [4.78, 5) is 66.1. The lowest BCUT2D eigenvalue weighted by Crippen LogP contribution is -2.42. The second-order valence-corrected chi connectivity index (χ2v) is 4.47. The fourth-order valence-corrected chi connectivity index (χ4v) is 2.00. The van der Waals surface area contributed by atoms with Crippen LogP contribution in [0.15, 0.2) is 11.6 Å². The summed E-state index contributed by atoms with van der Waals surface area (Å²) in [5.41, 5.74) is -1.40. The molecule has 0 radical (unpaired) electrons. The van der Waals surface area contributed by atoms with Gasteiger partial charge < -0.3 is 30.6 Å². The van der Waals surface area contributed by atoms with Crippen LogP contribution in [0.3, 0.4) is 0 Å². The lowest BCUT2D eigenvalue weighted by molar-refractivity contribution is -0.163. The number of rotatable bonds is 10. The molecule has 24 heavy (non-hydrogen) atoms. The molecule has 0 aliphatic rings. The van der Waals surface area contributed by atoms with Crippen molar-refractivity contribution < 1.29 is 59.4 Å². The maximum Gasteiger partial charge on any atom is 0.332 e. The van der Waals surface area contributed by atoms with E-state index in [9.17, 15) is 28.8 Å². The molecule has 12 heteroatoms. The Morgan fingerprint density at radius 1 is 0.750 bits per heavy atom. The fraction of sp³-hybridized carbons (Fsp3) is 0.333. The third-order valence-corrected chi connectivity index (χ3v) is 2.92. The molecule has 0 saturated heterocycles. The van der Waals surface area contributed by atoms with Crippen LogP contribution in [0.1, 0.15) is 6.42 Å². The number of aliphatic carboxylic acids is 6. The molecule has 0 saturated carbocycles. The molecule has 3 unspecified atom stereocenters. The number of hydrogen-bond acceptors (Lipinski definition) is 6. The summed E-state index contributed by atoms with van der Waals surface area (Å²) >= 11 is 0. The van der Waals surface area contributed by atoms with Crippen LogP contribution in [-0.4, -0.2) is 66.5 Å². The number of carbonyl (C=O) groups is 6. The van der Waals surface area contributed by atoms with Crippen LogP contribution in [-0.2, 0) is 28.8 Å². The Labute approximate surface area is 132 Å². The monoisotopic (exact) mass is 348 g/mol. The standard InChI is InChI=1S/C12H12O12/c13-5(14)1-3(9(17)18)7(11(21)22)8(12(23)24)4(10(19)20)2-6(15)16/h1,4,7-8H,2H2,(H,13,14)(H,15,16)(H,17,18)(H,19,20)(H,21,22)(H,23,24). The normalized spacial score (nSPS) is 14.9. The highest BCUT2D eigenvalue weighted by atomic mass is 16.4. The van der Waals surface area contributed by atoms with Crippen molar-refractivity contribution in [1.29, 1.82) is 0 Å². The summed E-state index contributed by atoms with van der Waals surface area (Å²) in [6.07, 6.45) is -1.40. The van der Waals surface area contributed by atoms with E-state index >= 15 is 0 Å². The van der Waals surface area contributed by atoms with E-state index in [1.165, 1.54) is 0 Å². The zero-order valence-corrected chi connectivity index (χ0v) is 11.6. The summed E-state index contributed by atoms with van der Waals surface area (Å²) in [7, 11) is 0. The van der Waals surface area contributed by atoms with Crippen molar-refractivity contribution in [1.82, 2.24) is 0 Å². The molecule has 0 aliphatic carbocycles. The molecular formula is C12H12O12. The lowest BCUT2D eigenvalue weighted by atomic mass is 9.76. The Morgan fingerprint density at radius 3 is 1.50 bits per heavy atom. The first-order valence-corrected chi connectivity index (χ1v) is 5.98. The van der Waals surface area contributed by atoms with Crippen LogP contribution >= 0.6 is 0 Å². The second kappa shape index (κ2) is 8.26. The van der Waals surface area contributed by atoms with Crippen molar-refractivity contribution in [2.45, 2.75) is 6.42 Å². The Bertz CT molecular complexity index is 616. The van der Waals surface area contributed by atoms with Crippen LogP contribution in [0.5, 0.6) is 0 Å². The molecule has 132 valence electrons. The van der Waals surface area contributed by atoms with Crippen LogP contribution in [0, 0.1) is 17.8 Å². The number of hydrogen-bond donors (Lipinski definition) is 6. The van der Waals surface area contributed by atoms with E-state index in [0.29, 0.717) is 0 Å². The average molecular weight is 348 g/mol. The zero-order chi connectivity index (χ0) is 19.2. The molecule has 12 nitrogen and oxygen atoms in total. The van der Waals surface area contributed by atoms with E-state index < -0.39 is 65.6 Å². The van der Waals surface area contributed by atoms with Crippen molar-refractivity contribution in [2.75, 3.05) is 0 Å². The van der Waals surface area contributed by atoms with Crippen molar-refractivity contribution in [3.05, 3.63) is 11.6 Å². The van der Waals surface area contributed by atoms with Gasteiger partial charge in [0.05, 0.1) is 23.8 Å². The first-order valence-electron chi connectivity index (χ1n) is 5.98. The summed E-state index contributed by atoms with van der Waals surface area (Å²) < 4.78 is 0. The summed E-state index contributed by atoms with van der Waals surface area (Å²) in [6.45, 7) is 0. The Morgan fingerprint density at radius 2 is 1.25 bits per heavy atom. The van der Waals surface area contributed by atoms with Crippen molar-refractivity contribution in [3.63, 3.8) is 0 Å². The summed E-state index contributed by atoms with van der Waals surface area (Å²) in [5, 5.41) is 53.3. The molecule has 0 fully saturated rings. The minimum atomic E-state index is -2.60. The van der Waals surface area contributed by atoms with Gasteiger partial charge in [-0.1, -0.05) is 0 Å². The highest BCUT2D eigenvalue weighted by Crippen LogP contribution is 2.31. The molecule has 0 spiro atoms. The third kappa shape index (κ3) is 5.40. The number of carboxylic acid groups (broad SMARTS) is 6. The molecule has 0 amide bonds. The smallest absolute Gasteiger partial charge is 0.332 e. The summed E-state index contributed by atoms with van der Waals surface area (Å²) in [5.74, 6) is -19.4. The molecule has 0 rings (SSSR count). The van der Waals surface area contributed by atoms with Crippen LogP contribution < -0.4 is 0 Å². The molecule has 0 heterocycles. The lowest BCUT2D eigenvalue weighted by Gasteiger charge is -2.25. The van der Waals surface area contributed by atoms with Gasteiger partial charge in [0.25, 0.3) is 0 Å². The van der Waals surface area contributed by atoms with Crippen molar-refractivity contribution >= 4 is 35.8 Å². The van der Waals surface area contributed by atoms with Crippen molar-refractivity contribution in [2.24, 2.45) is 17.8 Å². The minimum absolute atomic E-state index is 0.0866. The topological polar surface area (TPSA) is 224 Å². The largest absolute Gasteiger partial charge is 0.481 e. The molecule has 0 aliphatic heterocycles. The van der Waals surface area contributed by atoms with Gasteiger partial charge in [-0.15, -0.1) is 0 Å². The van der Waals surface area contributed by atoms with Gasteiger partial charge in [-0.05, 0) is 0 Å². The van der Waals surface area contributed by atoms with E-state index in [1.807, 2.05) is 0 Å². The van der Waals surface area contributed by atoms with Gasteiger partial charge >= 0.3 is 35.8 Å². The second-order valence-electron chi connectivity index (χ2n) is 4.47. The van der Waals surface area contributed by atoms with Crippen LogP contribution in [0.2, 0.25) is 0 Å². The van der Waals surface area contributed by atoms with Gasteiger partial charge in [0, 0.05) is 6.08 Å². The van der Waals surface area contributed by atoms with Crippen LogP contribution in [0.25, 0.3) is 0 Å². The quantitative estimate of drug-likeness (QED) is 0.252. The maximum absolute atomic E-state index is 11.3. The average Bonchev–Trinajstić information content (AvgIpc) is 2.38. The van der Waals surface area contributed by atoms with Gasteiger partial charge in [-0.25, -0.2) is 9.59 Å². The molecular weight excluding hydrogens is 336 g/mol. The van der Waals surface area contributed by atoms with E-state index in [1.54, 1.807) is 0 Å². The van der Waals surface area contributed by atoms with Crippen molar-refractivity contribution in [3.8, 4) is 0 Å². The summed E-state index contributed by atoms with van der Waals surface area (Å²) in [6, 6.07) is 0.